The molecule has 1 atom stereocenters. The molecule has 1 unspecified atom stereocenters. The summed E-state index contributed by atoms with van der Waals surface area (Å²) in [6.07, 6.45) is 1.72. The van der Waals surface area contributed by atoms with Crippen LogP contribution >= 0.6 is 0 Å². The van der Waals surface area contributed by atoms with Crippen molar-refractivity contribution < 1.29 is 14.0 Å². The number of nitrogens with zero attached hydrogens (tertiary/aromatic N) is 5. The molecule has 1 N–H and O–H groups in total. The maximum absolute atomic E-state index is 13.4. The van der Waals surface area contributed by atoms with Crippen molar-refractivity contribution in [2.45, 2.75) is 39.4 Å². The van der Waals surface area contributed by atoms with Crippen LogP contribution in [0.4, 0.5) is 4.39 Å². The van der Waals surface area contributed by atoms with E-state index in [1.165, 1.54) is 12.1 Å². The molecule has 0 saturated carbocycles. The van der Waals surface area contributed by atoms with Gasteiger partial charge in [0.25, 0.3) is 5.91 Å². The second-order valence-electron chi connectivity index (χ2n) is 8.33. The van der Waals surface area contributed by atoms with Crippen molar-refractivity contribution in [1.82, 2.24) is 29.7 Å². The highest BCUT2D eigenvalue weighted by Gasteiger charge is 2.34. The Morgan fingerprint density at radius 3 is 2.72 bits per heavy atom. The molecular formula is C23H27FN6O2. The van der Waals surface area contributed by atoms with Crippen molar-refractivity contribution in [3.05, 3.63) is 65.4 Å². The third-order valence-corrected chi connectivity index (χ3v) is 5.86. The minimum Gasteiger partial charge on any atom is -0.348 e. The number of piperazine rings is 1. The number of carbonyl (C=O) groups is 2. The maximum atomic E-state index is 13.4. The molecule has 1 aliphatic rings. The molecule has 0 aliphatic carbocycles. The van der Waals surface area contributed by atoms with Gasteiger partial charge in [0.15, 0.2) is 11.5 Å². The second-order valence-corrected chi connectivity index (χ2v) is 8.33. The molecule has 4 rings (SSSR count). The van der Waals surface area contributed by atoms with Crippen molar-refractivity contribution >= 4 is 17.5 Å². The van der Waals surface area contributed by atoms with Crippen molar-refractivity contribution in [2.24, 2.45) is 0 Å². The molecule has 0 spiro atoms. The molecule has 0 radical (unpaired) electrons. The van der Waals surface area contributed by atoms with E-state index >= 15 is 0 Å². The first kappa shape index (κ1) is 21.9. The molecule has 2 amide bonds. The van der Waals surface area contributed by atoms with Crippen LogP contribution < -0.4 is 5.32 Å². The summed E-state index contributed by atoms with van der Waals surface area (Å²) in [5.41, 5.74) is 1.76. The Morgan fingerprint density at radius 1 is 1.19 bits per heavy atom. The van der Waals surface area contributed by atoms with Gasteiger partial charge in [-0.2, -0.15) is 0 Å². The Labute approximate surface area is 186 Å². The summed E-state index contributed by atoms with van der Waals surface area (Å²) in [7, 11) is 0. The zero-order valence-corrected chi connectivity index (χ0v) is 18.5. The number of halogens is 1. The number of rotatable bonds is 5. The van der Waals surface area contributed by atoms with E-state index in [1.54, 1.807) is 37.4 Å². The Kier molecular flexibility index (Phi) is 6.18. The highest BCUT2D eigenvalue weighted by atomic mass is 19.1. The number of nitrogens with one attached hydrogen (secondary N) is 1. The molecule has 32 heavy (non-hydrogen) atoms. The summed E-state index contributed by atoms with van der Waals surface area (Å²) in [5, 5.41) is 11.5. The predicted octanol–water partition coefficient (Wildman–Crippen LogP) is 2.41. The van der Waals surface area contributed by atoms with Gasteiger partial charge in [0.1, 0.15) is 5.82 Å². The van der Waals surface area contributed by atoms with Crippen LogP contribution in [0.15, 0.2) is 42.6 Å². The Morgan fingerprint density at radius 2 is 2.00 bits per heavy atom. The zero-order valence-electron chi connectivity index (χ0n) is 18.5. The fraction of sp³-hybridized carbons (Fsp3) is 0.391. The SMILES string of the molecule is CC(=O)N1CCN(C(C)C)C(c2nnc3ccc(C(=O)NCc4cccc(F)c4)cn23)C1. The number of carbonyl (C=O) groups excluding carboxylic acids is 2. The average molecular weight is 439 g/mol. The van der Waals surface area contributed by atoms with E-state index in [4.69, 9.17) is 0 Å². The van der Waals surface area contributed by atoms with Gasteiger partial charge in [-0.3, -0.25) is 18.9 Å². The van der Waals surface area contributed by atoms with Gasteiger partial charge in [0, 0.05) is 45.3 Å². The number of fused-ring (bicyclic) bond motifs is 1. The minimum absolute atomic E-state index is 0.0321. The molecule has 2 aromatic heterocycles. The monoisotopic (exact) mass is 438 g/mol. The van der Waals surface area contributed by atoms with Crippen LogP contribution in [-0.4, -0.2) is 61.9 Å². The largest absolute Gasteiger partial charge is 0.348 e. The lowest BCUT2D eigenvalue weighted by Crippen LogP contribution is -2.52. The van der Waals surface area contributed by atoms with Crippen LogP contribution in [-0.2, 0) is 11.3 Å². The van der Waals surface area contributed by atoms with Crippen molar-refractivity contribution in [3.8, 4) is 0 Å². The lowest BCUT2D eigenvalue weighted by molar-refractivity contribution is -0.132. The van der Waals surface area contributed by atoms with E-state index in [-0.39, 0.29) is 36.3 Å². The maximum Gasteiger partial charge on any atom is 0.253 e. The normalized spacial score (nSPS) is 17.2. The van der Waals surface area contributed by atoms with Gasteiger partial charge in [-0.05, 0) is 43.7 Å². The molecule has 0 bridgehead atoms. The fourth-order valence-electron chi connectivity index (χ4n) is 4.13. The third-order valence-electron chi connectivity index (χ3n) is 5.86. The molecular weight excluding hydrogens is 411 g/mol. The van der Waals surface area contributed by atoms with Gasteiger partial charge in [0.05, 0.1) is 11.6 Å². The Bertz CT molecular complexity index is 1140. The smallest absolute Gasteiger partial charge is 0.253 e. The molecule has 3 heterocycles. The number of pyridine rings is 1. The van der Waals surface area contributed by atoms with Crippen LogP contribution in [0.5, 0.6) is 0 Å². The van der Waals surface area contributed by atoms with Gasteiger partial charge in [0.2, 0.25) is 5.91 Å². The number of amides is 2. The highest BCUT2D eigenvalue weighted by Crippen LogP contribution is 2.27. The van der Waals surface area contributed by atoms with Gasteiger partial charge in [-0.25, -0.2) is 4.39 Å². The molecule has 3 aromatic rings. The van der Waals surface area contributed by atoms with Crippen molar-refractivity contribution in [2.75, 3.05) is 19.6 Å². The van der Waals surface area contributed by atoms with Crippen LogP contribution in [0, 0.1) is 5.82 Å². The fourth-order valence-corrected chi connectivity index (χ4v) is 4.13. The Balaban J connectivity index is 1.60. The van der Waals surface area contributed by atoms with Gasteiger partial charge >= 0.3 is 0 Å². The minimum atomic E-state index is -0.339. The number of hydrogen-bond donors (Lipinski definition) is 1. The van der Waals surface area contributed by atoms with Crippen LogP contribution in [0.2, 0.25) is 0 Å². The van der Waals surface area contributed by atoms with Crippen LogP contribution in [0.3, 0.4) is 0 Å². The lowest BCUT2D eigenvalue weighted by atomic mass is 10.1. The van der Waals surface area contributed by atoms with E-state index in [0.717, 1.165) is 6.54 Å². The molecule has 1 fully saturated rings. The second kappa shape index (κ2) is 9.04. The first-order valence-corrected chi connectivity index (χ1v) is 10.7. The molecule has 1 aromatic carbocycles. The van der Waals surface area contributed by atoms with Crippen molar-refractivity contribution in [1.29, 1.82) is 0 Å². The van der Waals surface area contributed by atoms with Crippen LogP contribution in [0.25, 0.3) is 5.65 Å². The highest BCUT2D eigenvalue weighted by molar-refractivity contribution is 5.94. The standard InChI is InChI=1S/C23H27FN6O2/c1-15(2)29-10-9-28(16(3)31)14-20(29)22-27-26-21-8-7-18(13-30(21)22)23(32)25-12-17-5-4-6-19(24)11-17/h4-8,11,13,15,20H,9-10,12,14H2,1-3H3,(H,25,32). The molecule has 1 saturated heterocycles. The van der Waals surface area contributed by atoms with Gasteiger partial charge < -0.3 is 10.2 Å². The predicted molar refractivity (Wildman–Crippen MR) is 117 cm³/mol. The quantitative estimate of drug-likeness (QED) is 0.662. The topological polar surface area (TPSA) is 82.8 Å². The van der Waals surface area contributed by atoms with E-state index in [1.807, 2.05) is 9.30 Å². The number of hydrogen-bond acceptors (Lipinski definition) is 5. The number of aromatic nitrogens is 3. The summed E-state index contributed by atoms with van der Waals surface area (Å²) in [6.45, 7) is 7.96. The zero-order chi connectivity index (χ0) is 22.8. The average Bonchev–Trinajstić information content (AvgIpc) is 3.20. The van der Waals surface area contributed by atoms with E-state index in [0.29, 0.717) is 35.7 Å². The van der Waals surface area contributed by atoms with Gasteiger partial charge in [-0.1, -0.05) is 12.1 Å². The van der Waals surface area contributed by atoms with Crippen LogP contribution in [0.1, 0.15) is 48.6 Å². The molecule has 1 aliphatic heterocycles. The third kappa shape index (κ3) is 4.47. The van der Waals surface area contributed by atoms with E-state index in [2.05, 4.69) is 34.3 Å². The Hall–Kier alpha value is -3.33. The molecule has 9 heteroatoms. The summed E-state index contributed by atoms with van der Waals surface area (Å²) in [5.74, 6) is 0.115. The number of benzene rings is 1. The molecule has 8 nitrogen and oxygen atoms in total. The van der Waals surface area contributed by atoms with E-state index in [9.17, 15) is 14.0 Å². The first-order valence-electron chi connectivity index (χ1n) is 10.7. The summed E-state index contributed by atoms with van der Waals surface area (Å²) in [4.78, 5) is 28.9. The summed E-state index contributed by atoms with van der Waals surface area (Å²) in [6, 6.07) is 9.71. The lowest BCUT2D eigenvalue weighted by Gasteiger charge is -2.42. The van der Waals surface area contributed by atoms with E-state index < -0.39 is 0 Å². The van der Waals surface area contributed by atoms with Gasteiger partial charge in [-0.15, -0.1) is 10.2 Å². The molecule has 168 valence electrons. The first-order chi connectivity index (χ1) is 15.3. The van der Waals surface area contributed by atoms with Crippen molar-refractivity contribution in [3.63, 3.8) is 0 Å². The summed E-state index contributed by atoms with van der Waals surface area (Å²) >= 11 is 0. The summed E-state index contributed by atoms with van der Waals surface area (Å²) < 4.78 is 15.2.